The van der Waals surface area contributed by atoms with E-state index >= 15 is 0 Å². The molecule has 0 fully saturated rings. The fraction of sp³-hybridized carbons (Fsp3) is 0.118. The maximum Gasteiger partial charge on any atom is 0.326 e. The summed E-state index contributed by atoms with van der Waals surface area (Å²) in [6, 6.07) is 13.7. The Labute approximate surface area is 138 Å². The van der Waals surface area contributed by atoms with Crippen LogP contribution in [0.4, 0.5) is 0 Å². The molecule has 0 radical (unpaired) electrons. The van der Waals surface area contributed by atoms with Crippen molar-refractivity contribution in [2.24, 2.45) is 0 Å². The van der Waals surface area contributed by atoms with E-state index in [1.165, 1.54) is 12.1 Å². The molecule has 0 aliphatic rings. The summed E-state index contributed by atoms with van der Waals surface area (Å²) in [6.07, 6.45) is 0.125. The highest BCUT2D eigenvalue weighted by molar-refractivity contribution is 6.30. The summed E-state index contributed by atoms with van der Waals surface area (Å²) in [7, 11) is 0. The first-order valence-electron chi connectivity index (χ1n) is 6.78. The van der Waals surface area contributed by atoms with Crippen LogP contribution in [0.25, 0.3) is 0 Å². The smallest absolute Gasteiger partial charge is 0.326 e. The van der Waals surface area contributed by atoms with Crippen LogP contribution in [-0.4, -0.2) is 23.0 Å². The number of rotatable bonds is 5. The Balaban J connectivity index is 2.09. The van der Waals surface area contributed by atoms with E-state index in [9.17, 15) is 14.7 Å². The predicted octanol–water partition coefficient (Wildman–Crippen LogP) is 2.64. The molecule has 1 amide bonds. The molecule has 0 heterocycles. The van der Waals surface area contributed by atoms with Gasteiger partial charge in [-0.05, 0) is 42.0 Å². The first-order chi connectivity index (χ1) is 11.0. The lowest BCUT2D eigenvalue weighted by Gasteiger charge is -2.15. The minimum Gasteiger partial charge on any atom is -0.480 e. The average molecular weight is 329 g/mol. The molecule has 0 aromatic heterocycles. The number of nitriles is 1. The van der Waals surface area contributed by atoms with Crippen molar-refractivity contribution in [3.05, 3.63) is 70.2 Å². The average Bonchev–Trinajstić information content (AvgIpc) is 2.55. The van der Waals surface area contributed by atoms with Crippen LogP contribution in [0.1, 0.15) is 21.5 Å². The molecular weight excluding hydrogens is 316 g/mol. The zero-order valence-electron chi connectivity index (χ0n) is 12.0. The molecular formula is C17H13ClN2O3. The highest BCUT2D eigenvalue weighted by Gasteiger charge is 2.21. The normalized spacial score (nSPS) is 11.3. The zero-order valence-corrected chi connectivity index (χ0v) is 12.7. The summed E-state index contributed by atoms with van der Waals surface area (Å²) < 4.78 is 0. The third-order valence-electron chi connectivity index (χ3n) is 3.23. The van der Waals surface area contributed by atoms with Gasteiger partial charge in [-0.3, -0.25) is 4.79 Å². The third kappa shape index (κ3) is 4.56. The van der Waals surface area contributed by atoms with Gasteiger partial charge in [-0.1, -0.05) is 23.7 Å². The van der Waals surface area contributed by atoms with Crippen LogP contribution in [0.2, 0.25) is 5.02 Å². The summed E-state index contributed by atoms with van der Waals surface area (Å²) in [5.41, 5.74) is 1.54. The number of carbonyl (C=O) groups excluding carboxylic acids is 1. The molecule has 2 aromatic carbocycles. The summed E-state index contributed by atoms with van der Waals surface area (Å²) in [6.45, 7) is 0. The second-order valence-electron chi connectivity index (χ2n) is 4.88. The fourth-order valence-corrected chi connectivity index (χ4v) is 2.12. The van der Waals surface area contributed by atoms with E-state index in [2.05, 4.69) is 5.32 Å². The molecule has 6 heteroatoms. The van der Waals surface area contributed by atoms with E-state index in [0.29, 0.717) is 21.7 Å². The second-order valence-corrected chi connectivity index (χ2v) is 5.32. The Morgan fingerprint density at radius 1 is 1.13 bits per heavy atom. The lowest BCUT2D eigenvalue weighted by Crippen LogP contribution is -2.42. The molecule has 0 aliphatic heterocycles. The van der Waals surface area contributed by atoms with E-state index in [1.54, 1.807) is 36.4 Å². The quantitative estimate of drug-likeness (QED) is 0.882. The largest absolute Gasteiger partial charge is 0.480 e. The van der Waals surface area contributed by atoms with Crippen molar-refractivity contribution >= 4 is 23.5 Å². The Morgan fingerprint density at radius 2 is 1.74 bits per heavy atom. The van der Waals surface area contributed by atoms with Crippen LogP contribution >= 0.6 is 11.6 Å². The molecule has 23 heavy (non-hydrogen) atoms. The first kappa shape index (κ1) is 16.5. The van der Waals surface area contributed by atoms with Crippen LogP contribution in [0.15, 0.2) is 48.5 Å². The zero-order chi connectivity index (χ0) is 16.8. The number of halogens is 1. The van der Waals surface area contributed by atoms with Gasteiger partial charge in [0, 0.05) is 17.0 Å². The molecule has 0 saturated heterocycles. The van der Waals surface area contributed by atoms with Gasteiger partial charge in [0.2, 0.25) is 0 Å². The van der Waals surface area contributed by atoms with Crippen molar-refractivity contribution in [3.8, 4) is 6.07 Å². The van der Waals surface area contributed by atoms with Crippen molar-refractivity contribution < 1.29 is 14.7 Å². The van der Waals surface area contributed by atoms with Gasteiger partial charge in [-0.25, -0.2) is 4.79 Å². The van der Waals surface area contributed by atoms with Crippen molar-refractivity contribution in [2.45, 2.75) is 12.5 Å². The SMILES string of the molecule is N#Cc1ccc(C[C@@H](NC(=O)c2ccc(Cl)cc2)C(=O)O)cc1. The third-order valence-corrected chi connectivity index (χ3v) is 3.48. The fourth-order valence-electron chi connectivity index (χ4n) is 1.99. The van der Waals surface area contributed by atoms with Crippen LogP contribution in [0.3, 0.4) is 0 Å². The Morgan fingerprint density at radius 3 is 2.26 bits per heavy atom. The van der Waals surface area contributed by atoms with Gasteiger partial charge in [-0.15, -0.1) is 0 Å². The topological polar surface area (TPSA) is 90.2 Å². The molecule has 2 N–H and O–H groups in total. The van der Waals surface area contributed by atoms with Crippen molar-refractivity contribution in [1.82, 2.24) is 5.32 Å². The van der Waals surface area contributed by atoms with E-state index in [4.69, 9.17) is 16.9 Å². The van der Waals surface area contributed by atoms with Gasteiger partial charge in [0.05, 0.1) is 11.6 Å². The lowest BCUT2D eigenvalue weighted by molar-refractivity contribution is -0.139. The molecule has 0 unspecified atom stereocenters. The summed E-state index contributed by atoms with van der Waals surface area (Å²) in [4.78, 5) is 23.5. The molecule has 1 atom stereocenters. The number of amides is 1. The highest BCUT2D eigenvalue weighted by atomic mass is 35.5. The van der Waals surface area contributed by atoms with Crippen LogP contribution < -0.4 is 5.32 Å². The number of carboxylic acids is 1. The Kier molecular flexibility index (Phi) is 5.34. The second kappa shape index (κ2) is 7.43. The summed E-state index contributed by atoms with van der Waals surface area (Å²) in [5.74, 6) is -1.61. The number of aliphatic carboxylic acids is 1. The number of hydrogen-bond acceptors (Lipinski definition) is 3. The van der Waals surface area contributed by atoms with Gasteiger partial charge >= 0.3 is 5.97 Å². The monoisotopic (exact) mass is 328 g/mol. The molecule has 0 aliphatic carbocycles. The van der Waals surface area contributed by atoms with E-state index in [-0.39, 0.29) is 6.42 Å². The lowest BCUT2D eigenvalue weighted by atomic mass is 10.0. The van der Waals surface area contributed by atoms with E-state index in [1.807, 2.05) is 6.07 Å². The molecule has 0 bridgehead atoms. The molecule has 0 spiro atoms. The van der Waals surface area contributed by atoms with E-state index < -0.39 is 17.9 Å². The van der Waals surface area contributed by atoms with Crippen LogP contribution in [0.5, 0.6) is 0 Å². The maximum atomic E-state index is 12.1. The van der Waals surface area contributed by atoms with Crippen LogP contribution in [0, 0.1) is 11.3 Å². The number of nitrogens with zero attached hydrogens (tertiary/aromatic N) is 1. The number of benzene rings is 2. The van der Waals surface area contributed by atoms with Gasteiger partial charge in [0.25, 0.3) is 5.91 Å². The minimum absolute atomic E-state index is 0.125. The minimum atomic E-state index is -1.13. The predicted molar refractivity (Wildman–Crippen MR) is 85.2 cm³/mol. The van der Waals surface area contributed by atoms with Crippen molar-refractivity contribution in [3.63, 3.8) is 0 Å². The standard InChI is InChI=1S/C17H13ClN2O3/c18-14-7-5-13(6-8-14)16(21)20-15(17(22)23)9-11-1-3-12(10-19)4-2-11/h1-8,15H,9H2,(H,20,21)(H,22,23)/t15-/m1/s1. The van der Waals surface area contributed by atoms with Crippen LogP contribution in [-0.2, 0) is 11.2 Å². The maximum absolute atomic E-state index is 12.1. The van der Waals surface area contributed by atoms with Gasteiger partial charge < -0.3 is 10.4 Å². The van der Waals surface area contributed by atoms with Gasteiger partial charge in [-0.2, -0.15) is 5.26 Å². The van der Waals surface area contributed by atoms with Crippen molar-refractivity contribution in [1.29, 1.82) is 5.26 Å². The Hall–Kier alpha value is -2.84. The molecule has 116 valence electrons. The highest BCUT2D eigenvalue weighted by Crippen LogP contribution is 2.11. The van der Waals surface area contributed by atoms with Gasteiger partial charge in [0.1, 0.15) is 6.04 Å². The molecule has 2 aromatic rings. The molecule has 2 rings (SSSR count). The summed E-state index contributed by atoms with van der Waals surface area (Å²) in [5, 5.41) is 21.0. The first-order valence-corrected chi connectivity index (χ1v) is 7.15. The summed E-state index contributed by atoms with van der Waals surface area (Å²) >= 11 is 5.76. The Bertz CT molecular complexity index is 749. The molecule has 5 nitrogen and oxygen atoms in total. The number of nitrogens with one attached hydrogen (secondary N) is 1. The number of carbonyl (C=O) groups is 2. The van der Waals surface area contributed by atoms with Gasteiger partial charge in [0.15, 0.2) is 0 Å². The number of hydrogen-bond donors (Lipinski definition) is 2. The van der Waals surface area contributed by atoms with E-state index in [0.717, 1.165) is 0 Å². The molecule has 0 saturated carbocycles. The number of carboxylic acid groups (broad SMARTS) is 1. The van der Waals surface area contributed by atoms with Crippen molar-refractivity contribution in [2.75, 3.05) is 0 Å².